The Kier molecular flexibility index (Phi) is 18.3. The first-order chi connectivity index (χ1) is 9.41. The Morgan fingerprint density at radius 3 is 2.00 bits per heavy atom. The van der Waals surface area contributed by atoms with E-state index in [4.69, 9.17) is 25.8 Å². The molecule has 0 heterocycles. The van der Waals surface area contributed by atoms with E-state index in [-0.39, 0.29) is 0 Å². The van der Waals surface area contributed by atoms with Crippen LogP contribution in [0.1, 0.15) is 32.6 Å². The second kappa shape index (κ2) is 18.1. The monoisotopic (exact) mass is 295 g/mol. The Hall–Kier alpha value is 0.130. The van der Waals surface area contributed by atoms with Crippen LogP contribution in [0.2, 0.25) is 0 Å². The molecule has 116 valence electrons. The predicted molar refractivity (Wildman–Crippen MR) is 80.2 cm³/mol. The number of hydrogen-bond acceptors (Lipinski definition) is 4. The molecule has 1 N–H and O–H groups in total. The fourth-order valence-electron chi connectivity index (χ4n) is 1.40. The number of rotatable bonds is 16. The van der Waals surface area contributed by atoms with Crippen molar-refractivity contribution in [3.8, 4) is 0 Å². The highest BCUT2D eigenvalue weighted by molar-refractivity contribution is 6.17. The molecule has 0 saturated carbocycles. The predicted octanol–water partition coefficient (Wildman–Crippen LogP) is 2.44. The van der Waals surface area contributed by atoms with E-state index < -0.39 is 0 Å². The SMILES string of the molecule is CCCCOCCOCCOCCNCCCCCl. The van der Waals surface area contributed by atoms with E-state index in [1.165, 1.54) is 6.42 Å². The first-order valence-electron chi connectivity index (χ1n) is 7.41. The van der Waals surface area contributed by atoms with Crippen LogP contribution >= 0.6 is 11.6 Å². The maximum atomic E-state index is 5.58. The lowest BCUT2D eigenvalue weighted by molar-refractivity contribution is 0.0147. The van der Waals surface area contributed by atoms with Crippen molar-refractivity contribution in [1.82, 2.24) is 5.32 Å². The number of halogens is 1. The summed E-state index contributed by atoms with van der Waals surface area (Å²) in [6.45, 7) is 8.27. The normalized spacial score (nSPS) is 11.1. The summed E-state index contributed by atoms with van der Waals surface area (Å²) in [5.41, 5.74) is 0. The summed E-state index contributed by atoms with van der Waals surface area (Å²) in [5, 5.41) is 3.31. The molecule has 0 aromatic heterocycles. The van der Waals surface area contributed by atoms with Crippen LogP contribution in [0, 0.1) is 0 Å². The summed E-state index contributed by atoms with van der Waals surface area (Å²) < 4.78 is 16.2. The Balaban J connectivity index is 2.88. The fourth-order valence-corrected chi connectivity index (χ4v) is 1.59. The van der Waals surface area contributed by atoms with Crippen LogP contribution in [0.15, 0.2) is 0 Å². The minimum Gasteiger partial charge on any atom is -0.379 e. The highest BCUT2D eigenvalue weighted by Gasteiger charge is 1.92. The summed E-state index contributed by atoms with van der Waals surface area (Å²) in [5.74, 6) is 0.748. The molecule has 0 aliphatic carbocycles. The number of unbranched alkanes of at least 4 members (excludes halogenated alkanes) is 2. The van der Waals surface area contributed by atoms with Gasteiger partial charge in [0.2, 0.25) is 0 Å². The molecule has 0 aromatic carbocycles. The molecule has 0 spiro atoms. The molecule has 0 rings (SSSR count). The Morgan fingerprint density at radius 2 is 1.37 bits per heavy atom. The standard InChI is InChI=1S/C14H30ClNO3/c1-2-3-9-17-11-13-19-14-12-18-10-8-16-7-5-4-6-15/h16H,2-14H2,1H3. The van der Waals surface area contributed by atoms with E-state index in [0.29, 0.717) is 26.4 Å². The van der Waals surface area contributed by atoms with Gasteiger partial charge in [-0.3, -0.25) is 0 Å². The maximum absolute atomic E-state index is 5.58. The number of nitrogens with one attached hydrogen (secondary N) is 1. The van der Waals surface area contributed by atoms with Crippen molar-refractivity contribution in [2.45, 2.75) is 32.6 Å². The number of alkyl halides is 1. The van der Waals surface area contributed by atoms with Gasteiger partial charge in [-0.2, -0.15) is 0 Å². The van der Waals surface area contributed by atoms with E-state index in [1.54, 1.807) is 0 Å². The lowest BCUT2D eigenvalue weighted by atomic mass is 10.3. The highest BCUT2D eigenvalue weighted by Crippen LogP contribution is 1.89. The van der Waals surface area contributed by atoms with Gasteiger partial charge in [0, 0.05) is 19.0 Å². The van der Waals surface area contributed by atoms with Crippen molar-refractivity contribution >= 4 is 11.6 Å². The highest BCUT2D eigenvalue weighted by atomic mass is 35.5. The van der Waals surface area contributed by atoms with Crippen molar-refractivity contribution in [2.24, 2.45) is 0 Å². The molecule has 5 heteroatoms. The largest absolute Gasteiger partial charge is 0.379 e. The Morgan fingerprint density at radius 1 is 0.737 bits per heavy atom. The molecule has 0 radical (unpaired) electrons. The van der Waals surface area contributed by atoms with Crippen LogP contribution in [-0.4, -0.2) is 58.6 Å². The molecule has 0 aromatic rings. The molecule has 4 nitrogen and oxygen atoms in total. The minimum atomic E-state index is 0.642. The van der Waals surface area contributed by atoms with Crippen LogP contribution < -0.4 is 5.32 Å². The van der Waals surface area contributed by atoms with E-state index in [9.17, 15) is 0 Å². The summed E-state index contributed by atoms with van der Waals surface area (Å²) in [6.07, 6.45) is 4.50. The van der Waals surface area contributed by atoms with Gasteiger partial charge < -0.3 is 19.5 Å². The van der Waals surface area contributed by atoms with Crippen molar-refractivity contribution < 1.29 is 14.2 Å². The molecule has 19 heavy (non-hydrogen) atoms. The zero-order valence-electron chi connectivity index (χ0n) is 12.3. The van der Waals surface area contributed by atoms with Gasteiger partial charge >= 0.3 is 0 Å². The molecular formula is C14H30ClNO3. The third kappa shape index (κ3) is 18.1. The van der Waals surface area contributed by atoms with E-state index in [2.05, 4.69) is 12.2 Å². The van der Waals surface area contributed by atoms with Crippen molar-refractivity contribution in [2.75, 3.05) is 58.6 Å². The van der Waals surface area contributed by atoms with Crippen LogP contribution in [0.4, 0.5) is 0 Å². The first kappa shape index (κ1) is 19.1. The van der Waals surface area contributed by atoms with Gasteiger partial charge in [0.15, 0.2) is 0 Å². The average molecular weight is 296 g/mol. The second-order valence-corrected chi connectivity index (χ2v) is 4.71. The van der Waals surface area contributed by atoms with Crippen molar-refractivity contribution in [3.05, 3.63) is 0 Å². The zero-order valence-corrected chi connectivity index (χ0v) is 13.1. The molecule has 0 atom stereocenters. The van der Waals surface area contributed by atoms with Crippen LogP contribution in [0.3, 0.4) is 0 Å². The lowest BCUT2D eigenvalue weighted by Crippen LogP contribution is -2.22. The topological polar surface area (TPSA) is 39.7 Å². The molecule has 0 bridgehead atoms. The molecule has 0 saturated heterocycles. The molecule has 0 aliphatic heterocycles. The molecule has 0 unspecified atom stereocenters. The van der Waals surface area contributed by atoms with Gasteiger partial charge in [0.05, 0.1) is 33.0 Å². The average Bonchev–Trinajstić information content (AvgIpc) is 2.43. The molecule has 0 aliphatic rings. The van der Waals surface area contributed by atoms with Gasteiger partial charge in [0.1, 0.15) is 0 Å². The van der Waals surface area contributed by atoms with Gasteiger partial charge in [-0.15, -0.1) is 11.6 Å². The quantitative estimate of drug-likeness (QED) is 0.351. The van der Waals surface area contributed by atoms with Gasteiger partial charge in [-0.05, 0) is 25.8 Å². The third-order valence-electron chi connectivity index (χ3n) is 2.55. The summed E-state index contributed by atoms with van der Waals surface area (Å²) in [7, 11) is 0. The molecule has 0 fully saturated rings. The van der Waals surface area contributed by atoms with Gasteiger partial charge in [0.25, 0.3) is 0 Å². The summed E-state index contributed by atoms with van der Waals surface area (Å²) in [6, 6.07) is 0. The van der Waals surface area contributed by atoms with Gasteiger partial charge in [-0.25, -0.2) is 0 Å². The first-order valence-corrected chi connectivity index (χ1v) is 7.95. The third-order valence-corrected chi connectivity index (χ3v) is 2.81. The van der Waals surface area contributed by atoms with Crippen LogP contribution in [0.5, 0.6) is 0 Å². The minimum absolute atomic E-state index is 0.642. The molecule has 0 amide bonds. The second-order valence-electron chi connectivity index (χ2n) is 4.34. The van der Waals surface area contributed by atoms with E-state index in [0.717, 1.165) is 51.4 Å². The van der Waals surface area contributed by atoms with E-state index >= 15 is 0 Å². The van der Waals surface area contributed by atoms with Crippen molar-refractivity contribution in [3.63, 3.8) is 0 Å². The Bertz CT molecular complexity index is 146. The Labute approximate surface area is 123 Å². The maximum Gasteiger partial charge on any atom is 0.0701 e. The fraction of sp³-hybridized carbons (Fsp3) is 1.00. The van der Waals surface area contributed by atoms with Crippen molar-refractivity contribution in [1.29, 1.82) is 0 Å². The van der Waals surface area contributed by atoms with Crippen LogP contribution in [-0.2, 0) is 14.2 Å². The molecular weight excluding hydrogens is 266 g/mol. The number of ether oxygens (including phenoxy) is 3. The van der Waals surface area contributed by atoms with Gasteiger partial charge in [-0.1, -0.05) is 13.3 Å². The van der Waals surface area contributed by atoms with Crippen LogP contribution in [0.25, 0.3) is 0 Å². The smallest absolute Gasteiger partial charge is 0.0701 e. The lowest BCUT2D eigenvalue weighted by Gasteiger charge is -2.07. The summed E-state index contributed by atoms with van der Waals surface area (Å²) in [4.78, 5) is 0. The van der Waals surface area contributed by atoms with E-state index in [1.807, 2.05) is 0 Å². The number of hydrogen-bond donors (Lipinski definition) is 1. The summed E-state index contributed by atoms with van der Waals surface area (Å²) >= 11 is 5.58. The zero-order chi connectivity index (χ0) is 14.0.